The molecule has 19 heavy (non-hydrogen) atoms. The Labute approximate surface area is 114 Å². The molecule has 4 atom stereocenters. The second-order valence-electron chi connectivity index (χ2n) is 6.20. The van der Waals surface area contributed by atoms with Crippen molar-refractivity contribution in [3.8, 4) is 0 Å². The van der Waals surface area contributed by atoms with Crippen molar-refractivity contribution in [3.05, 3.63) is 0 Å². The molecule has 5 heteroatoms. The van der Waals surface area contributed by atoms with Crippen LogP contribution in [0.5, 0.6) is 0 Å². The summed E-state index contributed by atoms with van der Waals surface area (Å²) >= 11 is 0. The molecular weight excluding hydrogens is 242 g/mol. The van der Waals surface area contributed by atoms with Crippen molar-refractivity contribution < 1.29 is 9.53 Å². The quantitative estimate of drug-likeness (QED) is 0.702. The first-order valence-electron chi connectivity index (χ1n) is 7.70. The highest BCUT2D eigenvalue weighted by molar-refractivity contribution is 5.75. The van der Waals surface area contributed by atoms with E-state index in [4.69, 9.17) is 10.5 Å². The standard InChI is InChI=1S/C14H25N3O2/c15-11-10-7-4-8-19-13(10)12(11)17-14(18)16-9-5-2-1-3-6-9/h9-13H,1-8,15H2,(H2,16,17,18). The molecule has 1 saturated heterocycles. The largest absolute Gasteiger partial charge is 0.376 e. The molecule has 2 aliphatic carbocycles. The first-order valence-corrected chi connectivity index (χ1v) is 7.70. The zero-order chi connectivity index (χ0) is 13.2. The zero-order valence-corrected chi connectivity index (χ0v) is 11.4. The molecule has 2 amide bonds. The minimum atomic E-state index is -0.0695. The van der Waals surface area contributed by atoms with Crippen molar-refractivity contribution in [2.75, 3.05) is 6.61 Å². The average molecular weight is 267 g/mol. The lowest BCUT2D eigenvalue weighted by molar-refractivity contribution is -0.116. The van der Waals surface area contributed by atoms with E-state index >= 15 is 0 Å². The summed E-state index contributed by atoms with van der Waals surface area (Å²) in [4.78, 5) is 12.0. The molecule has 1 aliphatic heterocycles. The molecule has 0 aromatic heterocycles. The Hall–Kier alpha value is -0.810. The smallest absolute Gasteiger partial charge is 0.315 e. The summed E-state index contributed by atoms with van der Waals surface area (Å²) in [6, 6.07) is 0.324. The van der Waals surface area contributed by atoms with E-state index in [9.17, 15) is 4.79 Å². The van der Waals surface area contributed by atoms with E-state index in [0.717, 1.165) is 32.3 Å². The number of rotatable bonds is 2. The summed E-state index contributed by atoms with van der Waals surface area (Å²) in [6.45, 7) is 0.802. The van der Waals surface area contributed by atoms with Gasteiger partial charge >= 0.3 is 6.03 Å². The van der Waals surface area contributed by atoms with Gasteiger partial charge in [0.05, 0.1) is 12.1 Å². The Morgan fingerprint density at radius 3 is 2.63 bits per heavy atom. The fraction of sp³-hybridized carbons (Fsp3) is 0.929. The second kappa shape index (κ2) is 5.67. The Morgan fingerprint density at radius 2 is 1.84 bits per heavy atom. The Bertz CT molecular complexity index is 331. The first-order chi connectivity index (χ1) is 9.25. The predicted molar refractivity (Wildman–Crippen MR) is 72.8 cm³/mol. The van der Waals surface area contributed by atoms with Gasteiger partial charge in [-0.1, -0.05) is 19.3 Å². The van der Waals surface area contributed by atoms with Crippen LogP contribution in [0.1, 0.15) is 44.9 Å². The molecule has 108 valence electrons. The number of amides is 2. The number of carbonyl (C=O) groups is 1. The lowest BCUT2D eigenvalue weighted by Crippen LogP contribution is -2.72. The van der Waals surface area contributed by atoms with Crippen molar-refractivity contribution in [2.24, 2.45) is 11.7 Å². The van der Waals surface area contributed by atoms with Crippen LogP contribution in [-0.4, -0.2) is 36.9 Å². The van der Waals surface area contributed by atoms with Crippen LogP contribution in [-0.2, 0) is 4.74 Å². The molecule has 0 spiro atoms. The van der Waals surface area contributed by atoms with Crippen LogP contribution in [0.3, 0.4) is 0 Å². The number of nitrogens with two attached hydrogens (primary N) is 1. The maximum Gasteiger partial charge on any atom is 0.315 e. The highest BCUT2D eigenvalue weighted by Crippen LogP contribution is 2.36. The maximum atomic E-state index is 12.0. The molecule has 0 aromatic rings. The Kier molecular flexibility index (Phi) is 3.93. The molecule has 4 N–H and O–H groups in total. The molecule has 3 fully saturated rings. The SMILES string of the molecule is NC1C2CCCOC2C1NC(=O)NC1CCCCC1. The van der Waals surface area contributed by atoms with Gasteiger partial charge in [-0.3, -0.25) is 0 Å². The highest BCUT2D eigenvalue weighted by atomic mass is 16.5. The van der Waals surface area contributed by atoms with Gasteiger partial charge in [0.2, 0.25) is 0 Å². The number of carbonyl (C=O) groups excluding carboxylic acids is 1. The third kappa shape index (κ3) is 2.72. The van der Waals surface area contributed by atoms with Crippen molar-refractivity contribution in [1.82, 2.24) is 10.6 Å². The van der Waals surface area contributed by atoms with Crippen LogP contribution >= 0.6 is 0 Å². The van der Waals surface area contributed by atoms with Crippen molar-refractivity contribution in [1.29, 1.82) is 0 Å². The topological polar surface area (TPSA) is 76.4 Å². The minimum Gasteiger partial charge on any atom is -0.376 e. The van der Waals surface area contributed by atoms with Crippen molar-refractivity contribution in [3.63, 3.8) is 0 Å². The van der Waals surface area contributed by atoms with Gasteiger partial charge in [0.15, 0.2) is 0 Å². The van der Waals surface area contributed by atoms with Crippen LogP contribution in [0.15, 0.2) is 0 Å². The molecule has 5 nitrogen and oxygen atoms in total. The van der Waals surface area contributed by atoms with Gasteiger partial charge in [0, 0.05) is 24.6 Å². The van der Waals surface area contributed by atoms with Crippen LogP contribution in [0, 0.1) is 5.92 Å². The summed E-state index contributed by atoms with van der Waals surface area (Å²) in [5, 5.41) is 6.09. The number of hydrogen-bond donors (Lipinski definition) is 3. The maximum absolute atomic E-state index is 12.0. The van der Waals surface area contributed by atoms with E-state index in [1.165, 1.54) is 19.3 Å². The van der Waals surface area contributed by atoms with E-state index in [1.54, 1.807) is 0 Å². The van der Waals surface area contributed by atoms with Crippen LogP contribution in [0.25, 0.3) is 0 Å². The van der Waals surface area contributed by atoms with E-state index in [-0.39, 0.29) is 24.2 Å². The molecule has 3 aliphatic rings. The number of fused-ring (bicyclic) bond motifs is 1. The number of urea groups is 1. The molecule has 0 bridgehead atoms. The monoisotopic (exact) mass is 267 g/mol. The minimum absolute atomic E-state index is 0.00566. The van der Waals surface area contributed by atoms with Gasteiger partial charge in [-0.25, -0.2) is 4.79 Å². The van der Waals surface area contributed by atoms with Crippen molar-refractivity contribution in [2.45, 2.75) is 69.2 Å². The summed E-state index contributed by atoms with van der Waals surface area (Å²) in [6.07, 6.45) is 8.32. The molecule has 0 radical (unpaired) electrons. The van der Waals surface area contributed by atoms with E-state index in [1.807, 2.05) is 0 Å². The van der Waals surface area contributed by atoms with Gasteiger partial charge in [0.1, 0.15) is 0 Å². The fourth-order valence-electron chi connectivity index (χ4n) is 3.75. The van der Waals surface area contributed by atoms with Crippen molar-refractivity contribution >= 4 is 6.03 Å². The third-order valence-corrected chi connectivity index (χ3v) is 4.92. The summed E-state index contributed by atoms with van der Waals surface area (Å²) in [7, 11) is 0. The molecule has 0 aromatic carbocycles. The van der Waals surface area contributed by atoms with Crippen LogP contribution in [0.2, 0.25) is 0 Å². The molecule has 4 unspecified atom stereocenters. The Morgan fingerprint density at radius 1 is 1.05 bits per heavy atom. The molecular formula is C14H25N3O2. The predicted octanol–water partition coefficient (Wildman–Crippen LogP) is 1.12. The highest BCUT2D eigenvalue weighted by Gasteiger charge is 2.51. The lowest BCUT2D eigenvalue weighted by Gasteiger charge is -2.52. The second-order valence-corrected chi connectivity index (χ2v) is 6.20. The summed E-state index contributed by atoms with van der Waals surface area (Å²) in [5.41, 5.74) is 6.14. The molecule has 1 heterocycles. The van der Waals surface area contributed by atoms with Gasteiger partial charge in [-0.05, 0) is 25.7 Å². The van der Waals surface area contributed by atoms with Gasteiger partial charge in [0.25, 0.3) is 0 Å². The van der Waals surface area contributed by atoms with Crippen LogP contribution < -0.4 is 16.4 Å². The van der Waals surface area contributed by atoms with E-state index < -0.39 is 0 Å². The molecule has 3 rings (SSSR count). The van der Waals surface area contributed by atoms with Gasteiger partial charge in [-0.2, -0.15) is 0 Å². The average Bonchev–Trinajstić information content (AvgIpc) is 2.45. The Balaban J connectivity index is 1.46. The van der Waals surface area contributed by atoms with E-state index in [2.05, 4.69) is 10.6 Å². The lowest BCUT2D eigenvalue weighted by atomic mass is 9.69. The fourth-order valence-corrected chi connectivity index (χ4v) is 3.75. The van der Waals surface area contributed by atoms with Gasteiger partial charge in [-0.15, -0.1) is 0 Å². The summed E-state index contributed by atoms with van der Waals surface area (Å²) in [5.74, 6) is 0.439. The van der Waals surface area contributed by atoms with E-state index in [0.29, 0.717) is 12.0 Å². The van der Waals surface area contributed by atoms with Crippen LogP contribution in [0.4, 0.5) is 4.79 Å². The number of ether oxygens (including phenoxy) is 1. The first kappa shape index (κ1) is 13.2. The normalized spacial score (nSPS) is 39.0. The number of nitrogens with one attached hydrogen (secondary N) is 2. The van der Waals surface area contributed by atoms with Gasteiger partial charge < -0.3 is 21.1 Å². The zero-order valence-electron chi connectivity index (χ0n) is 11.4. The third-order valence-electron chi connectivity index (χ3n) is 4.92. The molecule has 2 saturated carbocycles. The number of hydrogen-bond acceptors (Lipinski definition) is 3. The summed E-state index contributed by atoms with van der Waals surface area (Å²) < 4.78 is 5.73.